The van der Waals surface area contributed by atoms with Gasteiger partial charge in [-0.1, -0.05) is 12.8 Å². The molecule has 50 valence electrons. The molecule has 0 amide bonds. The Kier molecular flexibility index (Phi) is 1.82. The van der Waals surface area contributed by atoms with Crippen molar-refractivity contribution < 1.29 is 10.2 Å². The maximum atomic E-state index is 9.17. The Morgan fingerprint density at radius 3 is 2.44 bits per heavy atom. The van der Waals surface area contributed by atoms with E-state index in [1.54, 1.807) is 0 Å². The van der Waals surface area contributed by atoms with Crippen LogP contribution in [0.25, 0.3) is 0 Å². The number of rotatable bonds is 0. The van der Waals surface area contributed by atoms with Crippen molar-refractivity contribution in [2.24, 2.45) is 0 Å². The number of hydrogen-bond acceptors (Lipinski definition) is 2. The third kappa shape index (κ3) is 1.46. The van der Waals surface area contributed by atoms with Gasteiger partial charge in [-0.3, -0.25) is 0 Å². The van der Waals surface area contributed by atoms with E-state index in [0.29, 0.717) is 12.8 Å². The quantitative estimate of drug-likeness (QED) is 0.440. The molecule has 1 aliphatic rings. The van der Waals surface area contributed by atoms with Gasteiger partial charge in [0.1, 0.15) is 7.85 Å². The molecule has 0 saturated heterocycles. The van der Waals surface area contributed by atoms with E-state index < -0.39 is 11.6 Å². The van der Waals surface area contributed by atoms with Gasteiger partial charge in [-0.2, -0.15) is 0 Å². The Balaban J connectivity index is 2.49. The van der Waals surface area contributed by atoms with Gasteiger partial charge in [-0.05, 0) is 12.8 Å². The number of aliphatic hydroxyl groups is 2. The third-order valence-electron chi connectivity index (χ3n) is 1.88. The minimum atomic E-state index is -1.31. The van der Waals surface area contributed by atoms with Gasteiger partial charge < -0.3 is 10.2 Å². The second-order valence-corrected chi connectivity index (χ2v) is 2.75. The zero-order valence-corrected chi connectivity index (χ0v) is 5.38. The summed E-state index contributed by atoms with van der Waals surface area (Å²) in [5.74, 6) is 0. The highest BCUT2D eigenvalue weighted by Crippen LogP contribution is 2.25. The van der Waals surface area contributed by atoms with Gasteiger partial charge in [0.25, 0.3) is 0 Å². The topological polar surface area (TPSA) is 40.5 Å². The molecule has 1 rings (SSSR count). The minimum absolute atomic E-state index is 0.522. The molecular formula is C6H11BO2. The van der Waals surface area contributed by atoms with Crippen molar-refractivity contribution in [2.45, 2.75) is 37.3 Å². The van der Waals surface area contributed by atoms with Crippen molar-refractivity contribution in [3.8, 4) is 0 Å². The predicted octanol–water partition coefficient (Wildman–Crippen LogP) is -0.222. The van der Waals surface area contributed by atoms with Gasteiger partial charge >= 0.3 is 0 Å². The van der Waals surface area contributed by atoms with Crippen LogP contribution in [0.4, 0.5) is 0 Å². The SMILES string of the molecule is [B]C1(O)CCCCC1O. The Morgan fingerprint density at radius 1 is 1.44 bits per heavy atom. The van der Waals surface area contributed by atoms with Gasteiger partial charge in [0.15, 0.2) is 0 Å². The van der Waals surface area contributed by atoms with Crippen LogP contribution in [-0.4, -0.2) is 29.7 Å². The number of hydrogen-bond donors (Lipinski definition) is 2. The molecule has 0 aromatic carbocycles. The minimum Gasteiger partial charge on any atom is -0.397 e. The van der Waals surface area contributed by atoms with Crippen LogP contribution in [-0.2, 0) is 0 Å². The molecule has 1 saturated carbocycles. The summed E-state index contributed by atoms with van der Waals surface area (Å²) in [6.45, 7) is 0. The summed E-state index contributed by atoms with van der Waals surface area (Å²) in [7, 11) is 5.33. The molecule has 0 spiro atoms. The summed E-state index contributed by atoms with van der Waals surface area (Å²) < 4.78 is 0. The molecule has 2 atom stereocenters. The van der Waals surface area contributed by atoms with E-state index in [9.17, 15) is 5.11 Å². The second-order valence-electron chi connectivity index (χ2n) is 2.75. The van der Waals surface area contributed by atoms with E-state index in [0.717, 1.165) is 12.8 Å². The summed E-state index contributed by atoms with van der Waals surface area (Å²) >= 11 is 0. The molecule has 0 heterocycles. The van der Waals surface area contributed by atoms with Crippen LogP contribution in [0, 0.1) is 0 Å². The second kappa shape index (κ2) is 2.31. The van der Waals surface area contributed by atoms with E-state index in [4.69, 9.17) is 13.0 Å². The van der Waals surface area contributed by atoms with E-state index in [1.807, 2.05) is 0 Å². The smallest absolute Gasteiger partial charge is 0.116 e. The van der Waals surface area contributed by atoms with Crippen LogP contribution in [0.5, 0.6) is 0 Å². The molecule has 0 bridgehead atoms. The predicted molar refractivity (Wildman–Crippen MR) is 35.2 cm³/mol. The molecule has 2 unspecified atom stereocenters. The van der Waals surface area contributed by atoms with Crippen molar-refractivity contribution in [3.63, 3.8) is 0 Å². The van der Waals surface area contributed by atoms with Crippen LogP contribution in [0.1, 0.15) is 25.7 Å². The van der Waals surface area contributed by atoms with Gasteiger partial charge in [0, 0.05) is 5.50 Å². The fraction of sp³-hybridized carbons (Fsp3) is 1.00. The zero-order valence-electron chi connectivity index (χ0n) is 5.38. The Labute approximate surface area is 56.3 Å². The molecule has 2 radical (unpaired) electrons. The van der Waals surface area contributed by atoms with Crippen molar-refractivity contribution in [1.82, 2.24) is 0 Å². The highest BCUT2D eigenvalue weighted by molar-refractivity contribution is 6.14. The fourth-order valence-electron chi connectivity index (χ4n) is 1.16. The molecule has 2 N–H and O–H groups in total. The maximum Gasteiger partial charge on any atom is 0.116 e. The molecule has 3 heteroatoms. The van der Waals surface area contributed by atoms with Crippen molar-refractivity contribution >= 4 is 7.85 Å². The van der Waals surface area contributed by atoms with Crippen LogP contribution in [0.3, 0.4) is 0 Å². The molecule has 2 nitrogen and oxygen atoms in total. The zero-order chi connectivity index (χ0) is 6.91. The third-order valence-corrected chi connectivity index (χ3v) is 1.88. The molecular weight excluding hydrogens is 115 g/mol. The standard InChI is InChI=1S/C6H11BO2/c7-6(9)4-2-1-3-5(6)8/h5,8-9H,1-4H2. The molecule has 1 fully saturated rings. The largest absolute Gasteiger partial charge is 0.397 e. The fourth-order valence-corrected chi connectivity index (χ4v) is 1.16. The van der Waals surface area contributed by atoms with Crippen molar-refractivity contribution in [1.29, 1.82) is 0 Å². The summed E-state index contributed by atoms with van der Waals surface area (Å²) in [6, 6.07) is 0. The normalized spacial score (nSPS) is 44.9. The molecule has 0 aliphatic heterocycles. The first-order valence-electron chi connectivity index (χ1n) is 3.32. The lowest BCUT2D eigenvalue weighted by atomic mass is 9.69. The summed E-state index contributed by atoms with van der Waals surface area (Å²) in [5, 5.41) is 18.2. The summed E-state index contributed by atoms with van der Waals surface area (Å²) in [5.41, 5.74) is -1.31. The first-order chi connectivity index (χ1) is 4.13. The summed E-state index contributed by atoms with van der Waals surface area (Å²) in [6.07, 6.45) is 2.33. The highest BCUT2D eigenvalue weighted by Gasteiger charge is 2.31. The van der Waals surface area contributed by atoms with Crippen molar-refractivity contribution in [3.05, 3.63) is 0 Å². The first-order valence-corrected chi connectivity index (χ1v) is 3.32. The Hall–Kier alpha value is -0.0151. The average Bonchev–Trinajstić information content (AvgIpc) is 1.77. The van der Waals surface area contributed by atoms with Gasteiger partial charge in [-0.25, -0.2) is 0 Å². The van der Waals surface area contributed by atoms with E-state index in [1.165, 1.54) is 0 Å². The Morgan fingerprint density at radius 2 is 2.11 bits per heavy atom. The van der Waals surface area contributed by atoms with E-state index >= 15 is 0 Å². The first kappa shape index (κ1) is 7.10. The van der Waals surface area contributed by atoms with E-state index in [-0.39, 0.29) is 0 Å². The van der Waals surface area contributed by atoms with Crippen LogP contribution >= 0.6 is 0 Å². The lowest BCUT2D eigenvalue weighted by Gasteiger charge is -2.33. The Bertz CT molecular complexity index is 103. The average molecular weight is 126 g/mol. The maximum absolute atomic E-state index is 9.17. The monoisotopic (exact) mass is 126 g/mol. The molecule has 9 heavy (non-hydrogen) atoms. The number of aliphatic hydroxyl groups excluding tert-OH is 1. The van der Waals surface area contributed by atoms with Crippen LogP contribution in [0.2, 0.25) is 0 Å². The summed E-state index contributed by atoms with van der Waals surface area (Å²) in [4.78, 5) is 0. The molecule has 0 aromatic heterocycles. The van der Waals surface area contributed by atoms with Crippen LogP contribution in [0.15, 0.2) is 0 Å². The lowest BCUT2D eigenvalue weighted by Crippen LogP contribution is -2.45. The lowest BCUT2D eigenvalue weighted by molar-refractivity contribution is -0.0407. The van der Waals surface area contributed by atoms with Crippen LogP contribution < -0.4 is 0 Å². The van der Waals surface area contributed by atoms with Gasteiger partial charge in [0.2, 0.25) is 0 Å². The van der Waals surface area contributed by atoms with Crippen molar-refractivity contribution in [2.75, 3.05) is 0 Å². The van der Waals surface area contributed by atoms with Gasteiger partial charge in [-0.15, -0.1) is 0 Å². The van der Waals surface area contributed by atoms with Gasteiger partial charge in [0.05, 0.1) is 6.10 Å². The van der Waals surface area contributed by atoms with E-state index in [2.05, 4.69) is 0 Å². The highest BCUT2D eigenvalue weighted by atomic mass is 16.3. The molecule has 0 aromatic rings. The molecule has 1 aliphatic carbocycles.